The van der Waals surface area contributed by atoms with Gasteiger partial charge in [0.2, 0.25) is 5.75 Å². The molecule has 19 heavy (non-hydrogen) atoms. The maximum atomic E-state index is 11.1. The topological polar surface area (TPSA) is 65.3 Å². The molecule has 0 N–H and O–H groups in total. The van der Waals surface area contributed by atoms with E-state index in [0.29, 0.717) is 10.2 Å². The van der Waals surface area contributed by atoms with Crippen LogP contribution in [0.3, 0.4) is 0 Å². The van der Waals surface area contributed by atoms with E-state index in [4.69, 9.17) is 4.74 Å². The van der Waals surface area contributed by atoms with Gasteiger partial charge in [-0.05, 0) is 28.4 Å². The highest BCUT2D eigenvalue weighted by atomic mass is 79.9. The quantitative estimate of drug-likeness (QED) is 0.489. The van der Waals surface area contributed by atoms with Crippen molar-refractivity contribution in [1.29, 1.82) is 0 Å². The number of aryl methyl sites for hydroxylation is 1. The summed E-state index contributed by atoms with van der Waals surface area (Å²) in [4.78, 5) is 14.6. The van der Waals surface area contributed by atoms with Crippen molar-refractivity contribution in [3.05, 3.63) is 62.4 Å². The smallest absolute Gasteiger partial charge is 0.318 e. The van der Waals surface area contributed by atoms with Crippen LogP contribution in [0.25, 0.3) is 0 Å². The fourth-order valence-corrected chi connectivity index (χ4v) is 2.04. The van der Waals surface area contributed by atoms with E-state index in [0.717, 1.165) is 5.56 Å². The number of hydrogen-bond donors (Lipinski definition) is 0. The third-order valence-electron chi connectivity index (χ3n) is 2.56. The molecule has 0 unspecified atom stereocenters. The van der Waals surface area contributed by atoms with E-state index in [9.17, 15) is 10.1 Å². The van der Waals surface area contributed by atoms with Crippen molar-refractivity contribution in [3.63, 3.8) is 0 Å². The molecule has 0 saturated carbocycles. The summed E-state index contributed by atoms with van der Waals surface area (Å²) in [5.74, 6) is 0.161. The summed E-state index contributed by atoms with van der Waals surface area (Å²) < 4.78 is 5.88. The summed E-state index contributed by atoms with van der Waals surface area (Å²) in [6.45, 7) is 1.89. The minimum atomic E-state index is -0.456. The van der Waals surface area contributed by atoms with Crippen LogP contribution in [0.4, 0.5) is 5.69 Å². The van der Waals surface area contributed by atoms with E-state index < -0.39 is 4.92 Å². The van der Waals surface area contributed by atoms with Gasteiger partial charge in [0, 0.05) is 11.8 Å². The largest absolute Gasteiger partial charge is 0.480 e. The van der Waals surface area contributed by atoms with Gasteiger partial charge in [-0.25, -0.2) is 4.98 Å². The number of aromatic nitrogens is 1. The first-order chi connectivity index (χ1) is 9.09. The molecular formula is C13H11BrN2O3. The summed E-state index contributed by atoms with van der Waals surface area (Å²) in [6.07, 6.45) is 1.44. The van der Waals surface area contributed by atoms with Crippen LogP contribution in [0.1, 0.15) is 11.1 Å². The van der Waals surface area contributed by atoms with Gasteiger partial charge in [0.05, 0.1) is 4.92 Å². The van der Waals surface area contributed by atoms with E-state index in [1.165, 1.54) is 6.20 Å². The third kappa shape index (κ3) is 3.08. The Morgan fingerprint density at radius 3 is 2.68 bits per heavy atom. The van der Waals surface area contributed by atoms with E-state index in [1.54, 1.807) is 6.92 Å². The zero-order valence-electron chi connectivity index (χ0n) is 10.2. The average molecular weight is 323 g/mol. The maximum absolute atomic E-state index is 11.1. The van der Waals surface area contributed by atoms with Gasteiger partial charge in [0.15, 0.2) is 4.60 Å². The summed E-state index contributed by atoms with van der Waals surface area (Å²) in [5.41, 5.74) is 1.35. The van der Waals surface area contributed by atoms with Gasteiger partial charge in [-0.15, -0.1) is 0 Å². The Morgan fingerprint density at radius 1 is 1.37 bits per heavy atom. The van der Waals surface area contributed by atoms with Crippen molar-refractivity contribution in [3.8, 4) is 5.75 Å². The lowest BCUT2D eigenvalue weighted by molar-refractivity contribution is -0.386. The molecule has 98 valence electrons. The first kappa shape index (κ1) is 13.5. The second kappa shape index (κ2) is 5.79. The molecule has 0 saturated heterocycles. The van der Waals surface area contributed by atoms with E-state index in [2.05, 4.69) is 20.9 Å². The van der Waals surface area contributed by atoms with Crippen LogP contribution >= 0.6 is 15.9 Å². The van der Waals surface area contributed by atoms with Gasteiger partial charge in [0.25, 0.3) is 0 Å². The highest BCUT2D eigenvalue weighted by Gasteiger charge is 2.22. The van der Waals surface area contributed by atoms with Crippen molar-refractivity contribution in [2.45, 2.75) is 13.5 Å². The van der Waals surface area contributed by atoms with Crippen molar-refractivity contribution in [2.75, 3.05) is 0 Å². The maximum Gasteiger partial charge on any atom is 0.318 e. The molecule has 0 atom stereocenters. The molecule has 5 nitrogen and oxygen atoms in total. The van der Waals surface area contributed by atoms with Crippen LogP contribution in [0.2, 0.25) is 0 Å². The fourth-order valence-electron chi connectivity index (χ4n) is 1.63. The number of ether oxygens (including phenoxy) is 1. The second-order valence-corrected chi connectivity index (χ2v) is 4.69. The minimum absolute atomic E-state index is 0.0576. The van der Waals surface area contributed by atoms with Crippen molar-refractivity contribution in [1.82, 2.24) is 4.98 Å². The number of nitrogens with zero attached hydrogens (tertiary/aromatic N) is 2. The average Bonchev–Trinajstić information content (AvgIpc) is 2.40. The molecule has 0 fully saturated rings. The number of rotatable bonds is 4. The third-order valence-corrected chi connectivity index (χ3v) is 3.12. The summed E-state index contributed by atoms with van der Waals surface area (Å²) >= 11 is 3.18. The van der Waals surface area contributed by atoms with Gasteiger partial charge < -0.3 is 4.74 Å². The second-order valence-electron chi connectivity index (χ2n) is 3.94. The van der Waals surface area contributed by atoms with Crippen LogP contribution < -0.4 is 4.74 Å². The fraction of sp³-hybridized carbons (Fsp3) is 0.154. The first-order valence-corrected chi connectivity index (χ1v) is 6.35. The van der Waals surface area contributed by atoms with Gasteiger partial charge in [0.1, 0.15) is 6.61 Å². The van der Waals surface area contributed by atoms with E-state index >= 15 is 0 Å². The molecule has 0 spiro atoms. The van der Waals surface area contributed by atoms with Crippen LogP contribution in [0, 0.1) is 17.0 Å². The van der Waals surface area contributed by atoms with E-state index in [-0.39, 0.29) is 18.0 Å². The zero-order chi connectivity index (χ0) is 13.8. The van der Waals surface area contributed by atoms with Crippen LogP contribution in [-0.2, 0) is 6.61 Å². The molecule has 2 rings (SSSR count). The predicted octanol–water partition coefficient (Wildman–Crippen LogP) is 3.64. The Hall–Kier alpha value is -1.95. The molecule has 6 heteroatoms. The number of halogens is 1. The van der Waals surface area contributed by atoms with Crippen LogP contribution in [0.15, 0.2) is 41.1 Å². The molecule has 1 heterocycles. The number of benzene rings is 1. The molecule has 0 aliphatic carbocycles. The molecule has 0 amide bonds. The van der Waals surface area contributed by atoms with Gasteiger partial charge >= 0.3 is 5.69 Å². The Kier molecular flexibility index (Phi) is 4.11. The Balaban J connectivity index is 2.29. The molecule has 0 aliphatic rings. The zero-order valence-corrected chi connectivity index (χ0v) is 11.8. The molecule has 0 radical (unpaired) electrons. The number of nitro groups is 1. The lowest BCUT2D eigenvalue weighted by Crippen LogP contribution is -2.02. The normalized spacial score (nSPS) is 10.2. The molecule has 1 aromatic carbocycles. The summed E-state index contributed by atoms with van der Waals surface area (Å²) in [7, 11) is 0. The standard InChI is InChI=1S/C13H11BrN2O3/c1-9-7-15-13(14)12(11(9)16(17)18)19-8-10-5-3-2-4-6-10/h2-7H,8H2,1H3. The first-order valence-electron chi connectivity index (χ1n) is 5.56. The van der Waals surface area contributed by atoms with Crippen molar-refractivity contribution in [2.24, 2.45) is 0 Å². The Labute approximate surface area is 118 Å². The predicted molar refractivity (Wildman–Crippen MR) is 74.1 cm³/mol. The molecular weight excluding hydrogens is 312 g/mol. The van der Waals surface area contributed by atoms with Gasteiger partial charge in [-0.1, -0.05) is 30.3 Å². The van der Waals surface area contributed by atoms with Crippen LogP contribution in [-0.4, -0.2) is 9.91 Å². The van der Waals surface area contributed by atoms with Crippen molar-refractivity contribution >= 4 is 21.6 Å². The highest BCUT2D eigenvalue weighted by molar-refractivity contribution is 9.10. The molecule has 1 aromatic heterocycles. The van der Waals surface area contributed by atoms with Gasteiger partial charge in [-0.3, -0.25) is 10.1 Å². The Morgan fingerprint density at radius 2 is 2.05 bits per heavy atom. The number of pyridine rings is 1. The molecule has 0 aliphatic heterocycles. The lowest BCUT2D eigenvalue weighted by Gasteiger charge is -2.09. The summed E-state index contributed by atoms with van der Waals surface area (Å²) in [5, 5.41) is 11.1. The summed E-state index contributed by atoms with van der Waals surface area (Å²) in [6, 6.07) is 9.45. The van der Waals surface area contributed by atoms with E-state index in [1.807, 2.05) is 30.3 Å². The minimum Gasteiger partial charge on any atom is -0.480 e. The lowest BCUT2D eigenvalue weighted by atomic mass is 10.2. The number of hydrogen-bond acceptors (Lipinski definition) is 4. The van der Waals surface area contributed by atoms with Crippen LogP contribution in [0.5, 0.6) is 5.75 Å². The molecule has 2 aromatic rings. The Bertz CT molecular complexity index is 602. The van der Waals surface area contributed by atoms with Crippen molar-refractivity contribution < 1.29 is 9.66 Å². The SMILES string of the molecule is Cc1cnc(Br)c(OCc2ccccc2)c1[N+](=O)[O-]. The highest BCUT2D eigenvalue weighted by Crippen LogP contribution is 2.36. The van der Waals surface area contributed by atoms with Gasteiger partial charge in [-0.2, -0.15) is 0 Å². The molecule has 0 bridgehead atoms. The monoisotopic (exact) mass is 322 g/mol.